The summed E-state index contributed by atoms with van der Waals surface area (Å²) in [6.45, 7) is 7.93. The highest BCUT2D eigenvalue weighted by atomic mass is 35.5. The lowest BCUT2D eigenvalue weighted by Gasteiger charge is -2.32. The molecule has 1 aromatic carbocycles. The van der Waals surface area contributed by atoms with Crippen molar-refractivity contribution in [2.24, 2.45) is 0 Å². The number of carbonyl (C=O) groups excluding carboxylic acids is 1. The molecule has 1 heterocycles. The van der Waals surface area contributed by atoms with E-state index in [1.807, 2.05) is 45.0 Å². The third-order valence-electron chi connectivity index (χ3n) is 3.22. The van der Waals surface area contributed by atoms with E-state index in [1.165, 1.54) is 5.56 Å². The molecule has 1 amide bonds. The number of piperazine rings is 1. The molecule has 4 nitrogen and oxygen atoms in total. The summed E-state index contributed by atoms with van der Waals surface area (Å²) in [6.07, 6.45) is -0.232. The van der Waals surface area contributed by atoms with Gasteiger partial charge in [-0.3, -0.25) is 4.90 Å². The van der Waals surface area contributed by atoms with Gasteiger partial charge < -0.3 is 10.1 Å². The molecule has 0 saturated carbocycles. The highest BCUT2D eigenvalue weighted by Gasteiger charge is 2.30. The van der Waals surface area contributed by atoms with Crippen LogP contribution in [0.3, 0.4) is 0 Å². The minimum atomic E-state index is -0.450. The number of nitrogens with zero attached hydrogens (tertiary/aromatic N) is 1. The zero-order valence-corrected chi connectivity index (χ0v) is 13.0. The molecular weight excluding hydrogens is 276 g/mol. The summed E-state index contributed by atoms with van der Waals surface area (Å²) >= 11 is 5.91. The number of hydrogen-bond donors (Lipinski definition) is 1. The van der Waals surface area contributed by atoms with E-state index in [0.29, 0.717) is 6.54 Å². The molecule has 1 atom stereocenters. The molecule has 1 aliphatic heterocycles. The first-order chi connectivity index (χ1) is 9.35. The molecule has 2 N–H and O–H groups in total. The van der Waals surface area contributed by atoms with E-state index >= 15 is 0 Å². The maximum atomic E-state index is 12.1. The molecule has 2 rings (SSSR count). The molecule has 1 fully saturated rings. The van der Waals surface area contributed by atoms with Gasteiger partial charge >= 0.3 is 6.09 Å². The molecule has 20 heavy (non-hydrogen) atoms. The van der Waals surface area contributed by atoms with Crippen molar-refractivity contribution in [3.05, 3.63) is 34.9 Å². The van der Waals surface area contributed by atoms with Crippen molar-refractivity contribution in [3.8, 4) is 0 Å². The van der Waals surface area contributed by atoms with Crippen molar-refractivity contribution < 1.29 is 14.8 Å². The predicted octanol–water partition coefficient (Wildman–Crippen LogP) is 2.20. The second-order valence-electron chi connectivity index (χ2n) is 6.11. The van der Waals surface area contributed by atoms with E-state index in [2.05, 4.69) is 5.32 Å². The minimum Gasteiger partial charge on any atom is -0.444 e. The topological polar surface area (TPSA) is 46.1 Å². The third-order valence-corrected chi connectivity index (χ3v) is 3.47. The van der Waals surface area contributed by atoms with Gasteiger partial charge in [-0.2, -0.15) is 0 Å². The number of benzene rings is 1. The molecule has 0 aliphatic carbocycles. The van der Waals surface area contributed by atoms with Gasteiger partial charge in [-0.25, -0.2) is 4.79 Å². The molecule has 1 aliphatic rings. The monoisotopic (exact) mass is 297 g/mol. The number of nitrogens with two attached hydrogens (primary N) is 1. The zero-order chi connectivity index (χ0) is 14.8. The van der Waals surface area contributed by atoms with Gasteiger partial charge in [-0.1, -0.05) is 23.7 Å². The molecule has 5 heteroatoms. The number of amides is 1. The number of carbonyl (C=O) groups is 1. The van der Waals surface area contributed by atoms with Crippen LogP contribution >= 0.6 is 11.6 Å². The Morgan fingerprint density at radius 2 is 2.00 bits per heavy atom. The highest BCUT2D eigenvalue weighted by Crippen LogP contribution is 2.18. The lowest BCUT2D eigenvalue weighted by Crippen LogP contribution is -2.90. The quantitative estimate of drug-likeness (QED) is 0.864. The standard InChI is InChI=1S/C15H21ClN2O2/c1-15(2,3)20-14(19)18-9-8-17-13(10-18)11-4-6-12(16)7-5-11/h4-7,13,17H,8-10H2,1-3H3/p+1/t13-/m1/s1. The van der Waals surface area contributed by atoms with Crippen LogP contribution in [-0.4, -0.2) is 36.2 Å². The van der Waals surface area contributed by atoms with Crippen molar-refractivity contribution in [2.75, 3.05) is 19.6 Å². The number of hydrogen-bond acceptors (Lipinski definition) is 2. The van der Waals surface area contributed by atoms with Crippen LogP contribution in [-0.2, 0) is 4.74 Å². The van der Waals surface area contributed by atoms with Gasteiger partial charge in [0.15, 0.2) is 0 Å². The lowest BCUT2D eigenvalue weighted by molar-refractivity contribution is -0.703. The number of quaternary nitrogens is 1. The van der Waals surface area contributed by atoms with E-state index in [4.69, 9.17) is 16.3 Å². The Morgan fingerprint density at radius 3 is 2.60 bits per heavy atom. The third kappa shape index (κ3) is 4.12. The SMILES string of the molecule is CC(C)(C)OC(=O)N1CC[NH2+][C@@H](c2ccc(Cl)cc2)C1. The van der Waals surface area contributed by atoms with Crippen LogP contribution in [0.2, 0.25) is 5.02 Å². The minimum absolute atomic E-state index is 0.232. The van der Waals surface area contributed by atoms with Crippen LogP contribution in [0.5, 0.6) is 0 Å². The second kappa shape index (κ2) is 6.02. The van der Waals surface area contributed by atoms with Gasteiger partial charge in [0, 0.05) is 10.6 Å². The zero-order valence-electron chi connectivity index (χ0n) is 12.2. The van der Waals surface area contributed by atoms with E-state index in [-0.39, 0.29) is 12.1 Å². The molecule has 0 radical (unpaired) electrons. The molecule has 0 bridgehead atoms. The van der Waals surface area contributed by atoms with Crippen molar-refractivity contribution in [3.63, 3.8) is 0 Å². The number of halogens is 1. The molecule has 1 saturated heterocycles. The fourth-order valence-corrected chi connectivity index (χ4v) is 2.40. The van der Waals surface area contributed by atoms with Gasteiger partial charge in [-0.15, -0.1) is 0 Å². The molecule has 0 unspecified atom stereocenters. The predicted molar refractivity (Wildman–Crippen MR) is 78.8 cm³/mol. The normalized spacial score (nSPS) is 19.8. The summed E-state index contributed by atoms with van der Waals surface area (Å²) in [7, 11) is 0. The second-order valence-corrected chi connectivity index (χ2v) is 6.55. The average molecular weight is 298 g/mol. The summed E-state index contributed by atoms with van der Waals surface area (Å²) < 4.78 is 5.43. The van der Waals surface area contributed by atoms with Crippen LogP contribution in [0.1, 0.15) is 32.4 Å². The van der Waals surface area contributed by atoms with Gasteiger partial charge in [0.05, 0.1) is 19.6 Å². The van der Waals surface area contributed by atoms with Crippen molar-refractivity contribution in [2.45, 2.75) is 32.4 Å². The van der Waals surface area contributed by atoms with E-state index in [9.17, 15) is 4.79 Å². The Hall–Kier alpha value is -1.26. The number of ether oxygens (including phenoxy) is 1. The van der Waals surface area contributed by atoms with Crippen LogP contribution in [0.15, 0.2) is 24.3 Å². The Kier molecular flexibility index (Phi) is 4.55. The summed E-state index contributed by atoms with van der Waals surface area (Å²) in [5.74, 6) is 0. The van der Waals surface area contributed by atoms with E-state index < -0.39 is 5.60 Å². The first-order valence-electron chi connectivity index (χ1n) is 6.92. The van der Waals surface area contributed by atoms with E-state index in [0.717, 1.165) is 18.1 Å². The van der Waals surface area contributed by atoms with Crippen LogP contribution < -0.4 is 5.32 Å². The first kappa shape index (κ1) is 15.1. The number of rotatable bonds is 1. The highest BCUT2D eigenvalue weighted by molar-refractivity contribution is 6.30. The fraction of sp³-hybridized carbons (Fsp3) is 0.533. The maximum absolute atomic E-state index is 12.1. The van der Waals surface area contributed by atoms with Gasteiger partial charge in [0.25, 0.3) is 0 Å². The maximum Gasteiger partial charge on any atom is 0.410 e. The summed E-state index contributed by atoms with van der Waals surface area (Å²) in [5, 5.41) is 2.98. The van der Waals surface area contributed by atoms with Crippen LogP contribution in [0.4, 0.5) is 4.79 Å². The van der Waals surface area contributed by atoms with Crippen LogP contribution in [0, 0.1) is 0 Å². The Labute approximate surface area is 125 Å². The Balaban J connectivity index is 2.01. The largest absolute Gasteiger partial charge is 0.444 e. The fourth-order valence-electron chi connectivity index (χ4n) is 2.28. The lowest BCUT2D eigenvalue weighted by atomic mass is 10.0. The first-order valence-corrected chi connectivity index (χ1v) is 7.30. The molecular formula is C15H22ClN2O2+. The Bertz CT molecular complexity index is 468. The summed E-state index contributed by atoms with van der Waals surface area (Å²) in [6, 6.07) is 8.05. The molecule has 0 spiro atoms. The smallest absolute Gasteiger partial charge is 0.410 e. The van der Waals surface area contributed by atoms with Gasteiger partial charge in [0.2, 0.25) is 0 Å². The van der Waals surface area contributed by atoms with Crippen molar-refractivity contribution >= 4 is 17.7 Å². The van der Waals surface area contributed by atoms with Gasteiger partial charge in [-0.05, 0) is 32.9 Å². The molecule has 110 valence electrons. The van der Waals surface area contributed by atoms with E-state index in [1.54, 1.807) is 4.90 Å². The molecule has 0 aromatic heterocycles. The van der Waals surface area contributed by atoms with Crippen molar-refractivity contribution in [1.82, 2.24) is 4.90 Å². The summed E-state index contributed by atoms with van der Waals surface area (Å²) in [5.41, 5.74) is 0.733. The van der Waals surface area contributed by atoms with Crippen molar-refractivity contribution in [1.29, 1.82) is 0 Å². The van der Waals surface area contributed by atoms with Gasteiger partial charge in [0.1, 0.15) is 11.6 Å². The van der Waals surface area contributed by atoms with Crippen LogP contribution in [0.25, 0.3) is 0 Å². The average Bonchev–Trinajstić information content (AvgIpc) is 2.38. The molecule has 1 aromatic rings. The Morgan fingerprint density at radius 1 is 1.35 bits per heavy atom. The summed E-state index contributed by atoms with van der Waals surface area (Å²) in [4.78, 5) is 13.9.